The lowest BCUT2D eigenvalue weighted by Crippen LogP contribution is -2.39. The summed E-state index contributed by atoms with van der Waals surface area (Å²) in [6.45, 7) is 1.92. The first kappa shape index (κ1) is 25.1. The highest BCUT2D eigenvalue weighted by molar-refractivity contribution is 9.10. The third-order valence-electron chi connectivity index (χ3n) is 6.83. The van der Waals surface area contributed by atoms with Crippen molar-refractivity contribution in [1.29, 1.82) is 0 Å². The minimum absolute atomic E-state index is 0.000232. The smallest absolute Gasteiger partial charge is 0.254 e. The molecule has 1 fully saturated rings. The Hall–Kier alpha value is -4.24. The van der Waals surface area contributed by atoms with E-state index >= 15 is 0 Å². The number of carbonyl (C=O) groups is 1. The normalized spacial score (nSPS) is 15.3. The molecule has 9 heteroatoms. The van der Waals surface area contributed by atoms with E-state index in [0.29, 0.717) is 30.9 Å². The molecule has 1 aliphatic heterocycles. The van der Waals surface area contributed by atoms with Crippen LogP contribution in [0.3, 0.4) is 0 Å². The zero-order chi connectivity index (χ0) is 26.6. The van der Waals surface area contributed by atoms with E-state index in [4.69, 9.17) is 9.72 Å². The fraction of sp³-hybridized carbons (Fsp3) is 0.200. The van der Waals surface area contributed by atoms with Crippen LogP contribution in [0.5, 0.6) is 11.5 Å². The Morgan fingerprint density at radius 3 is 2.74 bits per heavy atom. The highest BCUT2D eigenvalue weighted by atomic mass is 79.9. The number of piperidine rings is 1. The Labute approximate surface area is 234 Å². The number of nitrogens with one attached hydrogen (secondary N) is 1. The molecule has 196 valence electrons. The van der Waals surface area contributed by atoms with E-state index < -0.39 is 0 Å². The highest BCUT2D eigenvalue weighted by Crippen LogP contribution is 2.31. The number of para-hydroxylation sites is 1. The van der Waals surface area contributed by atoms with Crippen molar-refractivity contribution in [3.8, 4) is 11.5 Å². The van der Waals surface area contributed by atoms with Crippen molar-refractivity contribution < 1.29 is 9.53 Å². The molecule has 1 saturated heterocycles. The van der Waals surface area contributed by atoms with Crippen molar-refractivity contribution in [2.75, 3.05) is 18.4 Å². The minimum atomic E-state index is -0.000232. The van der Waals surface area contributed by atoms with Crippen LogP contribution in [0.25, 0.3) is 5.65 Å². The van der Waals surface area contributed by atoms with Crippen LogP contribution >= 0.6 is 15.9 Å². The Balaban J connectivity index is 1.21. The largest absolute Gasteiger partial charge is 0.457 e. The molecule has 0 saturated carbocycles. The predicted molar refractivity (Wildman–Crippen MR) is 153 cm³/mol. The van der Waals surface area contributed by atoms with Crippen LogP contribution in [-0.4, -0.2) is 43.5 Å². The average molecular weight is 583 g/mol. The van der Waals surface area contributed by atoms with Crippen molar-refractivity contribution in [1.82, 2.24) is 24.5 Å². The molecule has 1 amide bonds. The summed E-state index contributed by atoms with van der Waals surface area (Å²) in [4.78, 5) is 24.6. The van der Waals surface area contributed by atoms with Crippen molar-refractivity contribution >= 4 is 33.3 Å². The average Bonchev–Trinajstić information content (AvgIpc) is 3.37. The molecule has 39 heavy (non-hydrogen) atoms. The minimum Gasteiger partial charge on any atom is -0.457 e. The summed E-state index contributed by atoms with van der Waals surface area (Å²) in [5.74, 6) is 2.33. The molecule has 0 radical (unpaired) electrons. The molecule has 0 bridgehead atoms. The first-order valence-corrected chi connectivity index (χ1v) is 13.7. The van der Waals surface area contributed by atoms with Gasteiger partial charge >= 0.3 is 0 Å². The van der Waals surface area contributed by atoms with Gasteiger partial charge in [0.2, 0.25) is 0 Å². The lowest BCUT2D eigenvalue weighted by atomic mass is 9.94. The quantitative estimate of drug-likeness (QED) is 0.242. The van der Waals surface area contributed by atoms with Crippen LogP contribution in [-0.2, 0) is 6.54 Å². The number of pyridine rings is 1. The molecule has 2 aromatic carbocycles. The molecular formula is C30H27BrN6O2. The van der Waals surface area contributed by atoms with E-state index in [9.17, 15) is 4.79 Å². The number of ether oxygens (including phenoxy) is 1. The molecular weight excluding hydrogens is 556 g/mol. The number of likely N-dealkylation sites (tertiary alicyclic amines) is 1. The molecule has 0 spiro atoms. The number of benzene rings is 2. The topological polar surface area (TPSA) is 84.7 Å². The molecule has 3 aromatic heterocycles. The third kappa shape index (κ3) is 5.63. The Kier molecular flexibility index (Phi) is 7.23. The number of anilines is 1. The van der Waals surface area contributed by atoms with E-state index in [-0.39, 0.29) is 11.8 Å². The van der Waals surface area contributed by atoms with Crippen molar-refractivity contribution in [2.24, 2.45) is 0 Å². The summed E-state index contributed by atoms with van der Waals surface area (Å²) < 4.78 is 8.58. The Bertz CT molecular complexity index is 1590. The summed E-state index contributed by atoms with van der Waals surface area (Å²) in [5, 5.41) is 7.98. The molecule has 6 rings (SSSR count). The van der Waals surface area contributed by atoms with Crippen LogP contribution in [0.1, 0.15) is 40.4 Å². The Morgan fingerprint density at radius 1 is 1.03 bits per heavy atom. The number of halogens is 1. The van der Waals surface area contributed by atoms with Crippen molar-refractivity contribution in [2.45, 2.75) is 25.3 Å². The van der Waals surface area contributed by atoms with Gasteiger partial charge in [-0.05, 0) is 70.7 Å². The fourth-order valence-corrected chi connectivity index (χ4v) is 5.24. The zero-order valence-corrected chi connectivity index (χ0v) is 22.8. The van der Waals surface area contributed by atoms with Gasteiger partial charge in [0.25, 0.3) is 5.91 Å². The number of rotatable bonds is 7. The second-order valence-electron chi connectivity index (χ2n) is 9.54. The highest BCUT2D eigenvalue weighted by Gasteiger charge is 2.28. The third-order valence-corrected chi connectivity index (χ3v) is 7.39. The van der Waals surface area contributed by atoms with Crippen LogP contribution in [0.4, 0.5) is 5.82 Å². The fourth-order valence-electron chi connectivity index (χ4n) is 4.89. The van der Waals surface area contributed by atoms with Gasteiger partial charge in [-0.2, -0.15) is 9.61 Å². The lowest BCUT2D eigenvalue weighted by Gasteiger charge is -2.33. The van der Waals surface area contributed by atoms with Gasteiger partial charge in [-0.25, -0.2) is 4.98 Å². The number of hydrogen-bond donors (Lipinski definition) is 1. The summed E-state index contributed by atoms with van der Waals surface area (Å²) >= 11 is 3.59. The van der Waals surface area contributed by atoms with E-state index in [1.165, 1.54) is 0 Å². The zero-order valence-electron chi connectivity index (χ0n) is 21.2. The van der Waals surface area contributed by atoms with Crippen molar-refractivity contribution in [3.05, 3.63) is 113 Å². The first-order chi connectivity index (χ1) is 19.1. The second-order valence-corrected chi connectivity index (χ2v) is 10.4. The van der Waals surface area contributed by atoms with E-state index in [2.05, 4.69) is 37.4 Å². The monoisotopic (exact) mass is 582 g/mol. The molecule has 1 aliphatic rings. The van der Waals surface area contributed by atoms with Gasteiger partial charge in [0.1, 0.15) is 17.3 Å². The second kappa shape index (κ2) is 11.2. The molecule has 4 heterocycles. The maximum absolute atomic E-state index is 13.5. The summed E-state index contributed by atoms with van der Waals surface area (Å²) in [5.41, 5.74) is 3.37. The number of fused-ring (bicyclic) bond motifs is 1. The van der Waals surface area contributed by atoms with E-state index in [1.54, 1.807) is 16.9 Å². The standard InChI is InChI=1S/C30H27BrN6O2/c31-26-19-34-37-28(33-18-21-7-5-13-32-17-21)16-27(35-29(26)37)23-9-6-14-36(20-23)30(38)22-8-4-12-25(15-22)39-24-10-2-1-3-11-24/h1-5,7-8,10-13,15-17,19,23,33H,6,9,14,18,20H2. The number of carbonyl (C=O) groups excluding carboxylic acids is 1. The van der Waals surface area contributed by atoms with Crippen molar-refractivity contribution in [3.63, 3.8) is 0 Å². The summed E-state index contributed by atoms with van der Waals surface area (Å²) in [6, 6.07) is 23.0. The molecule has 0 aliphatic carbocycles. The van der Waals surface area contributed by atoms with Crippen LogP contribution in [0, 0.1) is 0 Å². The maximum atomic E-state index is 13.5. The van der Waals surface area contributed by atoms with Gasteiger partial charge in [0.05, 0.1) is 16.4 Å². The number of aromatic nitrogens is 4. The molecule has 5 aromatic rings. The van der Waals surface area contributed by atoms with Gasteiger partial charge in [0, 0.05) is 49.6 Å². The van der Waals surface area contributed by atoms with Gasteiger partial charge in [0.15, 0.2) is 5.65 Å². The van der Waals surface area contributed by atoms with Gasteiger partial charge in [-0.3, -0.25) is 9.78 Å². The predicted octanol–water partition coefficient (Wildman–Crippen LogP) is 6.31. The maximum Gasteiger partial charge on any atom is 0.254 e. The van der Waals surface area contributed by atoms with Gasteiger partial charge in [-0.1, -0.05) is 30.3 Å². The summed E-state index contributed by atoms with van der Waals surface area (Å²) in [7, 11) is 0. The SMILES string of the molecule is O=C(c1cccc(Oc2ccccc2)c1)N1CCCC(c2cc(NCc3cccnc3)n3ncc(Br)c3n2)C1. The van der Waals surface area contributed by atoms with Crippen LogP contribution in [0.2, 0.25) is 0 Å². The number of hydrogen-bond acceptors (Lipinski definition) is 6. The van der Waals surface area contributed by atoms with Gasteiger partial charge < -0.3 is 15.0 Å². The van der Waals surface area contributed by atoms with E-state index in [1.807, 2.05) is 77.8 Å². The Morgan fingerprint density at radius 2 is 1.90 bits per heavy atom. The van der Waals surface area contributed by atoms with Crippen LogP contribution in [0.15, 0.2) is 95.9 Å². The lowest BCUT2D eigenvalue weighted by molar-refractivity contribution is 0.0705. The van der Waals surface area contributed by atoms with Gasteiger partial charge in [-0.15, -0.1) is 0 Å². The van der Waals surface area contributed by atoms with E-state index in [0.717, 1.165) is 45.8 Å². The molecule has 1 unspecified atom stereocenters. The molecule has 8 nitrogen and oxygen atoms in total. The number of amides is 1. The summed E-state index contributed by atoms with van der Waals surface area (Å²) in [6.07, 6.45) is 7.22. The molecule has 1 N–H and O–H groups in total. The molecule has 1 atom stereocenters. The van der Waals surface area contributed by atoms with Crippen LogP contribution < -0.4 is 10.1 Å². The first-order valence-electron chi connectivity index (χ1n) is 12.9. The number of nitrogens with zero attached hydrogens (tertiary/aromatic N) is 5.